The third-order valence-electron chi connectivity index (χ3n) is 4.19. The lowest BCUT2D eigenvalue weighted by Gasteiger charge is -2.37. The molecule has 106 valence electrons. The van der Waals surface area contributed by atoms with E-state index in [1.807, 2.05) is 25.1 Å². The van der Waals surface area contributed by atoms with Crippen LogP contribution in [0, 0.1) is 0 Å². The fourth-order valence-electron chi connectivity index (χ4n) is 2.99. The molecule has 0 N–H and O–H groups in total. The van der Waals surface area contributed by atoms with E-state index in [4.69, 9.17) is 9.52 Å². The van der Waals surface area contributed by atoms with Crippen molar-refractivity contribution in [2.24, 2.45) is 5.10 Å². The first-order chi connectivity index (χ1) is 9.65. The third kappa shape index (κ3) is 2.45. The maximum atomic E-state index is 5.88. The van der Waals surface area contributed by atoms with Crippen LogP contribution < -0.4 is 0 Å². The lowest BCUT2D eigenvalue weighted by molar-refractivity contribution is 0.108. The van der Waals surface area contributed by atoms with Crippen molar-refractivity contribution in [2.45, 2.75) is 52.1 Å². The molecule has 0 radical (unpaired) electrons. The highest BCUT2D eigenvalue weighted by Crippen LogP contribution is 2.24. The number of hydrazone groups is 1. The predicted molar refractivity (Wildman–Crippen MR) is 83.0 cm³/mol. The van der Waals surface area contributed by atoms with Gasteiger partial charge in [-0.3, -0.25) is 5.01 Å². The highest BCUT2D eigenvalue weighted by molar-refractivity contribution is 5.99. The van der Waals surface area contributed by atoms with Crippen LogP contribution in [-0.4, -0.2) is 22.8 Å². The first kappa shape index (κ1) is 13.2. The highest BCUT2D eigenvalue weighted by atomic mass is 16.3. The van der Waals surface area contributed by atoms with Crippen LogP contribution in [0.4, 0.5) is 0 Å². The van der Waals surface area contributed by atoms with E-state index in [1.54, 1.807) is 0 Å². The standard InChI is InChI=1S/C17H22N2O/c1-12-7-6-8-13(2)19(12)18-14(3)17-11-15-9-4-5-10-16(15)20-17/h4-5,9-13H,6-8H2,1-3H3/b18-14+. The number of rotatable bonds is 2. The van der Waals surface area contributed by atoms with Crippen LogP contribution in [0.1, 0.15) is 45.8 Å². The minimum absolute atomic E-state index is 0.512. The van der Waals surface area contributed by atoms with Crippen molar-refractivity contribution in [1.29, 1.82) is 0 Å². The van der Waals surface area contributed by atoms with Gasteiger partial charge in [-0.25, -0.2) is 0 Å². The second-order valence-corrected chi connectivity index (χ2v) is 5.84. The Morgan fingerprint density at radius 3 is 2.60 bits per heavy atom. The average Bonchev–Trinajstić information content (AvgIpc) is 2.87. The first-order valence-electron chi connectivity index (χ1n) is 7.47. The molecule has 1 aliphatic rings. The van der Waals surface area contributed by atoms with Gasteiger partial charge in [-0.15, -0.1) is 0 Å². The van der Waals surface area contributed by atoms with Gasteiger partial charge >= 0.3 is 0 Å². The summed E-state index contributed by atoms with van der Waals surface area (Å²) in [6.45, 7) is 6.54. The predicted octanol–water partition coefficient (Wildman–Crippen LogP) is 4.42. The molecule has 0 amide bonds. The van der Waals surface area contributed by atoms with Crippen LogP contribution in [0.15, 0.2) is 39.9 Å². The van der Waals surface area contributed by atoms with Gasteiger partial charge in [0.15, 0.2) is 5.76 Å². The second kappa shape index (κ2) is 5.31. The van der Waals surface area contributed by atoms with Gasteiger partial charge in [0.05, 0.1) is 5.71 Å². The Morgan fingerprint density at radius 1 is 1.20 bits per heavy atom. The molecule has 3 nitrogen and oxygen atoms in total. The molecule has 0 spiro atoms. The molecule has 2 unspecified atom stereocenters. The average molecular weight is 270 g/mol. The summed E-state index contributed by atoms with van der Waals surface area (Å²) in [5, 5.41) is 8.20. The SMILES string of the molecule is C/C(=N\N1C(C)CCCC1C)c1cc2ccccc2o1. The summed E-state index contributed by atoms with van der Waals surface area (Å²) in [5.74, 6) is 0.871. The van der Waals surface area contributed by atoms with Crippen molar-refractivity contribution in [3.63, 3.8) is 0 Å². The molecule has 3 heteroatoms. The van der Waals surface area contributed by atoms with E-state index in [1.165, 1.54) is 19.3 Å². The largest absolute Gasteiger partial charge is 0.455 e. The van der Waals surface area contributed by atoms with E-state index >= 15 is 0 Å². The van der Waals surface area contributed by atoms with Crippen molar-refractivity contribution in [2.75, 3.05) is 0 Å². The Kier molecular flexibility index (Phi) is 3.51. The molecule has 2 atom stereocenters. The number of piperidine rings is 1. The number of nitrogens with zero attached hydrogens (tertiary/aromatic N) is 2. The molecule has 0 aliphatic carbocycles. The lowest BCUT2D eigenvalue weighted by atomic mass is 10.00. The molecule has 1 fully saturated rings. The summed E-state index contributed by atoms with van der Waals surface area (Å²) in [4.78, 5) is 0. The molecule has 1 aromatic carbocycles. The van der Waals surface area contributed by atoms with Gasteiger partial charge in [0.1, 0.15) is 5.58 Å². The normalized spacial score (nSPS) is 24.4. The van der Waals surface area contributed by atoms with Crippen LogP contribution in [0.2, 0.25) is 0 Å². The minimum atomic E-state index is 0.512. The van der Waals surface area contributed by atoms with E-state index in [-0.39, 0.29) is 0 Å². The van der Waals surface area contributed by atoms with Crippen LogP contribution >= 0.6 is 0 Å². The fourth-order valence-corrected chi connectivity index (χ4v) is 2.99. The molecule has 3 rings (SSSR count). The van der Waals surface area contributed by atoms with Crippen molar-refractivity contribution in [1.82, 2.24) is 5.01 Å². The Morgan fingerprint density at radius 2 is 1.90 bits per heavy atom. The Bertz CT molecular complexity index is 586. The zero-order chi connectivity index (χ0) is 14.1. The number of para-hydroxylation sites is 1. The number of hydrogen-bond donors (Lipinski definition) is 0. The molecule has 0 saturated carbocycles. The van der Waals surface area contributed by atoms with Crippen LogP contribution in [0.5, 0.6) is 0 Å². The van der Waals surface area contributed by atoms with Crippen LogP contribution in [0.3, 0.4) is 0 Å². The lowest BCUT2D eigenvalue weighted by Crippen LogP contribution is -2.40. The molecule has 1 aliphatic heterocycles. The topological polar surface area (TPSA) is 28.7 Å². The molecule has 0 bridgehead atoms. The Labute approximate surface area is 120 Å². The highest BCUT2D eigenvalue weighted by Gasteiger charge is 2.23. The Hall–Kier alpha value is -1.77. The number of benzene rings is 1. The third-order valence-corrected chi connectivity index (χ3v) is 4.19. The van der Waals surface area contributed by atoms with Crippen LogP contribution in [0.25, 0.3) is 11.0 Å². The van der Waals surface area contributed by atoms with Crippen molar-refractivity contribution < 1.29 is 4.42 Å². The van der Waals surface area contributed by atoms with E-state index < -0.39 is 0 Å². The number of fused-ring (bicyclic) bond motifs is 1. The van der Waals surface area contributed by atoms with Gasteiger partial charge in [-0.05, 0) is 52.2 Å². The zero-order valence-corrected chi connectivity index (χ0v) is 12.5. The maximum absolute atomic E-state index is 5.88. The van der Waals surface area contributed by atoms with Crippen molar-refractivity contribution in [3.8, 4) is 0 Å². The maximum Gasteiger partial charge on any atom is 0.151 e. The van der Waals surface area contributed by atoms with Gasteiger partial charge in [0.25, 0.3) is 0 Å². The van der Waals surface area contributed by atoms with Crippen molar-refractivity contribution >= 4 is 16.7 Å². The summed E-state index contributed by atoms with van der Waals surface area (Å²) < 4.78 is 5.88. The van der Waals surface area contributed by atoms with Crippen molar-refractivity contribution in [3.05, 3.63) is 36.1 Å². The first-order valence-corrected chi connectivity index (χ1v) is 7.47. The number of furan rings is 1. The van der Waals surface area contributed by atoms with Gasteiger partial charge < -0.3 is 4.42 Å². The molecular weight excluding hydrogens is 248 g/mol. The van der Waals surface area contributed by atoms with E-state index in [0.717, 1.165) is 22.4 Å². The number of hydrogen-bond acceptors (Lipinski definition) is 3. The molecular formula is C17H22N2O. The van der Waals surface area contributed by atoms with E-state index in [9.17, 15) is 0 Å². The van der Waals surface area contributed by atoms with E-state index in [0.29, 0.717) is 12.1 Å². The van der Waals surface area contributed by atoms with E-state index in [2.05, 4.69) is 31.0 Å². The summed E-state index contributed by atoms with van der Waals surface area (Å²) >= 11 is 0. The molecule has 1 aromatic heterocycles. The molecule has 1 saturated heterocycles. The summed E-state index contributed by atoms with van der Waals surface area (Å²) in [5.41, 5.74) is 1.89. The Balaban J connectivity index is 1.90. The summed E-state index contributed by atoms with van der Waals surface area (Å²) in [6, 6.07) is 11.2. The fraction of sp³-hybridized carbons (Fsp3) is 0.471. The minimum Gasteiger partial charge on any atom is -0.455 e. The summed E-state index contributed by atoms with van der Waals surface area (Å²) in [6.07, 6.45) is 3.75. The monoisotopic (exact) mass is 270 g/mol. The molecule has 2 heterocycles. The van der Waals surface area contributed by atoms with Gasteiger partial charge in [0.2, 0.25) is 0 Å². The molecule has 2 aromatic rings. The smallest absolute Gasteiger partial charge is 0.151 e. The zero-order valence-electron chi connectivity index (χ0n) is 12.5. The molecule has 20 heavy (non-hydrogen) atoms. The van der Waals surface area contributed by atoms with Gasteiger partial charge in [0, 0.05) is 17.5 Å². The van der Waals surface area contributed by atoms with Crippen LogP contribution in [-0.2, 0) is 0 Å². The summed E-state index contributed by atoms with van der Waals surface area (Å²) in [7, 11) is 0. The van der Waals surface area contributed by atoms with Gasteiger partial charge in [-0.2, -0.15) is 5.10 Å². The quantitative estimate of drug-likeness (QED) is 0.756. The second-order valence-electron chi connectivity index (χ2n) is 5.84. The van der Waals surface area contributed by atoms with Gasteiger partial charge in [-0.1, -0.05) is 18.2 Å².